The van der Waals surface area contributed by atoms with E-state index in [0.717, 1.165) is 25.1 Å². The maximum Gasteiger partial charge on any atom is 0.291 e. The lowest BCUT2D eigenvalue weighted by Crippen LogP contribution is -2.33. The average molecular weight is 346 g/mol. The van der Waals surface area contributed by atoms with E-state index >= 15 is 0 Å². The quantitative estimate of drug-likeness (QED) is 0.818. The first kappa shape index (κ1) is 16.8. The number of hydrogen-bond acceptors (Lipinski definition) is 4. The zero-order valence-electron chi connectivity index (χ0n) is 14.0. The highest BCUT2D eigenvalue weighted by molar-refractivity contribution is 7.18. The fraction of sp³-hybridized carbons (Fsp3) is 0.444. The van der Waals surface area contributed by atoms with Gasteiger partial charge >= 0.3 is 0 Å². The van der Waals surface area contributed by atoms with Crippen molar-refractivity contribution < 1.29 is 14.0 Å². The van der Waals surface area contributed by atoms with Crippen LogP contribution < -0.4 is 5.32 Å². The fourth-order valence-corrected chi connectivity index (χ4v) is 3.67. The van der Waals surface area contributed by atoms with Gasteiger partial charge in [0.25, 0.3) is 11.8 Å². The van der Waals surface area contributed by atoms with Crippen LogP contribution in [0.4, 0.5) is 5.00 Å². The summed E-state index contributed by atoms with van der Waals surface area (Å²) < 4.78 is 5.09. The van der Waals surface area contributed by atoms with Crippen molar-refractivity contribution in [2.24, 2.45) is 5.92 Å². The number of carbonyl (C=O) groups is 2. The molecule has 0 atom stereocenters. The van der Waals surface area contributed by atoms with Gasteiger partial charge in [-0.3, -0.25) is 9.59 Å². The normalized spacial score (nSPS) is 13.8. The molecule has 0 aliphatic heterocycles. The number of rotatable bonds is 7. The van der Waals surface area contributed by atoms with Crippen LogP contribution in [0.15, 0.2) is 28.9 Å². The predicted molar refractivity (Wildman–Crippen MR) is 94.6 cm³/mol. The zero-order chi connectivity index (χ0) is 17.1. The number of hydrogen-bond donors (Lipinski definition) is 1. The molecule has 3 rings (SSSR count). The summed E-state index contributed by atoms with van der Waals surface area (Å²) in [5.41, 5.74) is 0.900. The molecule has 6 heteroatoms. The third-order valence-electron chi connectivity index (χ3n) is 4.05. The molecule has 2 amide bonds. The Labute approximate surface area is 145 Å². The average Bonchev–Trinajstić information content (AvgIpc) is 3.06. The molecule has 1 saturated carbocycles. The molecular weight excluding hydrogens is 324 g/mol. The van der Waals surface area contributed by atoms with Crippen molar-refractivity contribution in [1.82, 2.24) is 4.90 Å². The Bertz CT molecular complexity index is 717. The van der Waals surface area contributed by atoms with Crippen molar-refractivity contribution in [3.05, 3.63) is 40.7 Å². The van der Waals surface area contributed by atoms with E-state index in [0.29, 0.717) is 15.8 Å². The second kappa shape index (κ2) is 7.21. The number of furan rings is 1. The van der Waals surface area contributed by atoms with E-state index in [1.807, 2.05) is 17.9 Å². The van der Waals surface area contributed by atoms with E-state index in [4.69, 9.17) is 4.42 Å². The Morgan fingerprint density at radius 2 is 2.21 bits per heavy atom. The Kier molecular flexibility index (Phi) is 5.04. The summed E-state index contributed by atoms with van der Waals surface area (Å²) in [6.45, 7) is 5.62. The van der Waals surface area contributed by atoms with Crippen LogP contribution in [0.3, 0.4) is 0 Å². The SMILES string of the molecule is CCCN(CC1CC1)C(=O)c1sc(NC(=O)c2ccco2)cc1C. The van der Waals surface area contributed by atoms with Gasteiger partial charge in [0.1, 0.15) is 0 Å². The largest absolute Gasteiger partial charge is 0.459 e. The van der Waals surface area contributed by atoms with E-state index in [9.17, 15) is 9.59 Å². The molecule has 128 valence electrons. The van der Waals surface area contributed by atoms with Gasteiger partial charge in [0, 0.05) is 13.1 Å². The Morgan fingerprint density at radius 1 is 1.42 bits per heavy atom. The van der Waals surface area contributed by atoms with Crippen molar-refractivity contribution in [3.63, 3.8) is 0 Å². The van der Waals surface area contributed by atoms with Crippen LogP contribution in [-0.4, -0.2) is 29.8 Å². The topological polar surface area (TPSA) is 62.6 Å². The van der Waals surface area contributed by atoms with Crippen LogP contribution in [0.2, 0.25) is 0 Å². The third-order valence-corrected chi connectivity index (χ3v) is 5.19. The molecule has 0 aromatic carbocycles. The summed E-state index contributed by atoms with van der Waals surface area (Å²) in [6.07, 6.45) is 4.86. The van der Waals surface area contributed by atoms with Gasteiger partial charge in [-0.1, -0.05) is 6.92 Å². The minimum atomic E-state index is -0.302. The summed E-state index contributed by atoms with van der Waals surface area (Å²) >= 11 is 1.33. The first-order valence-electron chi connectivity index (χ1n) is 8.33. The first-order valence-corrected chi connectivity index (χ1v) is 9.14. The molecule has 2 aromatic heterocycles. The zero-order valence-corrected chi connectivity index (χ0v) is 14.8. The maximum absolute atomic E-state index is 12.9. The molecule has 0 radical (unpaired) electrons. The van der Waals surface area contributed by atoms with E-state index in [1.54, 1.807) is 12.1 Å². The maximum atomic E-state index is 12.9. The molecule has 0 spiro atoms. The lowest BCUT2D eigenvalue weighted by Gasteiger charge is -2.21. The Balaban J connectivity index is 1.72. The van der Waals surface area contributed by atoms with Crippen LogP contribution in [0.5, 0.6) is 0 Å². The highest BCUT2D eigenvalue weighted by Gasteiger charge is 2.28. The van der Waals surface area contributed by atoms with Crippen molar-refractivity contribution in [3.8, 4) is 0 Å². The minimum Gasteiger partial charge on any atom is -0.459 e. The number of thiophene rings is 1. The number of nitrogens with zero attached hydrogens (tertiary/aromatic N) is 1. The summed E-state index contributed by atoms with van der Waals surface area (Å²) in [5, 5.41) is 3.47. The predicted octanol–water partition coefficient (Wildman–Crippen LogP) is 4.16. The van der Waals surface area contributed by atoms with Gasteiger partial charge in [-0.15, -0.1) is 11.3 Å². The van der Waals surface area contributed by atoms with Gasteiger partial charge in [-0.25, -0.2) is 0 Å². The highest BCUT2D eigenvalue weighted by atomic mass is 32.1. The number of anilines is 1. The van der Waals surface area contributed by atoms with Crippen LogP contribution in [-0.2, 0) is 0 Å². The standard InChI is InChI=1S/C18H22N2O3S/c1-3-8-20(11-13-6-7-13)18(22)16-12(2)10-15(24-16)19-17(21)14-5-4-9-23-14/h4-5,9-10,13H,3,6-8,11H2,1-2H3,(H,19,21). The van der Waals surface area contributed by atoms with Crippen molar-refractivity contribution in [2.45, 2.75) is 33.1 Å². The first-order chi connectivity index (χ1) is 11.6. The molecular formula is C18H22N2O3S. The molecule has 0 bridgehead atoms. The van der Waals surface area contributed by atoms with Gasteiger partial charge in [-0.05, 0) is 55.9 Å². The number of aryl methyl sites for hydroxylation is 1. The van der Waals surface area contributed by atoms with Crippen molar-refractivity contribution in [2.75, 3.05) is 18.4 Å². The molecule has 2 aromatic rings. The molecule has 24 heavy (non-hydrogen) atoms. The Morgan fingerprint density at radius 3 is 2.83 bits per heavy atom. The molecule has 1 aliphatic rings. The number of amides is 2. The lowest BCUT2D eigenvalue weighted by molar-refractivity contribution is 0.0751. The van der Waals surface area contributed by atoms with Crippen molar-refractivity contribution >= 4 is 28.2 Å². The molecule has 0 unspecified atom stereocenters. The van der Waals surface area contributed by atoms with Crippen LogP contribution in [0.1, 0.15) is 52.0 Å². The highest BCUT2D eigenvalue weighted by Crippen LogP contribution is 2.32. The number of carbonyl (C=O) groups excluding carboxylic acids is 2. The van der Waals surface area contributed by atoms with Crippen LogP contribution >= 0.6 is 11.3 Å². The molecule has 1 aliphatic carbocycles. The van der Waals surface area contributed by atoms with Gasteiger partial charge in [0.2, 0.25) is 0 Å². The third kappa shape index (κ3) is 3.87. The summed E-state index contributed by atoms with van der Waals surface area (Å²) in [5.74, 6) is 0.697. The van der Waals surface area contributed by atoms with E-state index < -0.39 is 0 Å². The minimum absolute atomic E-state index is 0.0738. The van der Waals surface area contributed by atoms with E-state index in [-0.39, 0.29) is 17.6 Å². The smallest absolute Gasteiger partial charge is 0.291 e. The Hall–Kier alpha value is -2.08. The van der Waals surface area contributed by atoms with Gasteiger partial charge in [-0.2, -0.15) is 0 Å². The van der Waals surface area contributed by atoms with Crippen LogP contribution in [0, 0.1) is 12.8 Å². The fourth-order valence-electron chi connectivity index (χ4n) is 2.64. The van der Waals surface area contributed by atoms with Crippen LogP contribution in [0.25, 0.3) is 0 Å². The van der Waals surface area contributed by atoms with Gasteiger partial charge in [0.15, 0.2) is 5.76 Å². The monoisotopic (exact) mass is 346 g/mol. The molecule has 0 saturated heterocycles. The number of nitrogens with one attached hydrogen (secondary N) is 1. The summed E-state index contributed by atoms with van der Waals surface area (Å²) in [4.78, 5) is 27.6. The second-order valence-electron chi connectivity index (χ2n) is 6.25. The van der Waals surface area contributed by atoms with Gasteiger partial charge < -0.3 is 14.6 Å². The molecule has 5 nitrogen and oxygen atoms in total. The van der Waals surface area contributed by atoms with E-state index in [2.05, 4.69) is 12.2 Å². The molecule has 2 heterocycles. The second-order valence-corrected chi connectivity index (χ2v) is 7.30. The summed E-state index contributed by atoms with van der Waals surface area (Å²) in [7, 11) is 0. The molecule has 1 N–H and O–H groups in total. The van der Waals surface area contributed by atoms with Gasteiger partial charge in [0.05, 0.1) is 16.1 Å². The summed E-state index contributed by atoms with van der Waals surface area (Å²) in [6, 6.07) is 5.13. The van der Waals surface area contributed by atoms with E-state index in [1.165, 1.54) is 30.4 Å². The lowest BCUT2D eigenvalue weighted by atomic mass is 10.2. The van der Waals surface area contributed by atoms with Crippen molar-refractivity contribution in [1.29, 1.82) is 0 Å². The molecule has 1 fully saturated rings.